The van der Waals surface area contributed by atoms with E-state index in [1.54, 1.807) is 24.3 Å². The molecule has 114 valence electrons. The van der Waals surface area contributed by atoms with Crippen LogP contribution >= 0.6 is 0 Å². The Labute approximate surface area is 123 Å². The first-order valence-electron chi connectivity index (χ1n) is 6.50. The number of benzene rings is 1. The Bertz CT molecular complexity index is 487. The zero-order valence-electron chi connectivity index (χ0n) is 11.6. The highest BCUT2D eigenvalue weighted by molar-refractivity contribution is 5.74. The Morgan fingerprint density at radius 2 is 2.24 bits per heavy atom. The number of carbonyl (C=O) groups excluding carboxylic acids is 1. The molecule has 7 nitrogen and oxygen atoms in total. The second kappa shape index (κ2) is 9.72. The van der Waals surface area contributed by atoms with Gasteiger partial charge in [-0.25, -0.2) is 0 Å². The maximum Gasteiger partial charge on any atom is 0.243 e. The maximum absolute atomic E-state index is 10.4. The maximum atomic E-state index is 10.4. The van der Waals surface area contributed by atoms with Crippen molar-refractivity contribution >= 4 is 5.91 Å². The first-order chi connectivity index (χ1) is 10.1. The number of aliphatic hydroxyl groups excluding tert-OH is 1. The monoisotopic (exact) mass is 293 g/mol. The number of para-hydroxylation sites is 1. The summed E-state index contributed by atoms with van der Waals surface area (Å²) in [5, 5.41) is 21.6. The lowest BCUT2D eigenvalue weighted by atomic mass is 10.2. The third kappa shape index (κ3) is 7.27. The summed E-state index contributed by atoms with van der Waals surface area (Å²) >= 11 is 0. The number of hydrogen-bond donors (Lipinski definition) is 3. The highest BCUT2D eigenvalue weighted by Crippen LogP contribution is 2.16. The summed E-state index contributed by atoms with van der Waals surface area (Å²) in [6.07, 6.45) is -0.715. The highest BCUT2D eigenvalue weighted by atomic mass is 16.5. The largest absolute Gasteiger partial charge is 0.489 e. The average Bonchev–Trinajstić information content (AvgIpc) is 2.48. The molecule has 1 aromatic carbocycles. The van der Waals surface area contributed by atoms with Crippen LogP contribution in [0, 0.1) is 11.3 Å². The van der Waals surface area contributed by atoms with E-state index in [0.717, 1.165) is 0 Å². The molecule has 0 heterocycles. The van der Waals surface area contributed by atoms with Gasteiger partial charge < -0.3 is 25.6 Å². The lowest BCUT2D eigenvalue weighted by molar-refractivity contribution is -0.122. The van der Waals surface area contributed by atoms with Crippen molar-refractivity contribution in [1.29, 1.82) is 5.26 Å². The zero-order chi connectivity index (χ0) is 15.5. The molecule has 7 heteroatoms. The van der Waals surface area contributed by atoms with Crippen molar-refractivity contribution in [3.05, 3.63) is 29.8 Å². The van der Waals surface area contributed by atoms with Crippen molar-refractivity contribution in [2.24, 2.45) is 5.73 Å². The zero-order valence-corrected chi connectivity index (χ0v) is 11.6. The van der Waals surface area contributed by atoms with Gasteiger partial charge in [0, 0.05) is 13.1 Å². The Kier molecular flexibility index (Phi) is 7.82. The van der Waals surface area contributed by atoms with Crippen LogP contribution in [0.4, 0.5) is 0 Å². The molecule has 0 aromatic heterocycles. The quantitative estimate of drug-likeness (QED) is 0.495. The van der Waals surface area contributed by atoms with Crippen LogP contribution < -0.4 is 15.8 Å². The molecule has 0 aliphatic rings. The topological polar surface area (TPSA) is 118 Å². The summed E-state index contributed by atoms with van der Waals surface area (Å²) in [5.41, 5.74) is 5.34. The fraction of sp³-hybridized carbons (Fsp3) is 0.429. The third-order valence-electron chi connectivity index (χ3n) is 2.49. The summed E-state index contributed by atoms with van der Waals surface area (Å²) in [6.45, 7) is 1.09. The van der Waals surface area contributed by atoms with Crippen LogP contribution in [0.5, 0.6) is 5.75 Å². The molecule has 21 heavy (non-hydrogen) atoms. The van der Waals surface area contributed by atoms with Crippen LogP contribution in [0.15, 0.2) is 24.3 Å². The summed E-state index contributed by atoms with van der Waals surface area (Å²) in [6, 6.07) is 8.85. The average molecular weight is 293 g/mol. The molecule has 1 aromatic rings. The smallest absolute Gasteiger partial charge is 0.243 e. The minimum Gasteiger partial charge on any atom is -0.489 e. The summed E-state index contributed by atoms with van der Waals surface area (Å²) in [7, 11) is 0. The standard InChI is InChI=1S/C14H19N3O4/c15-7-11-3-1-2-4-13(11)21-9-12(18)8-17-5-6-20-10-14(16)19/h1-4,12,17-18H,5-6,8-10H2,(H2,16,19). The van der Waals surface area contributed by atoms with E-state index < -0.39 is 12.0 Å². The number of nitrogens with one attached hydrogen (secondary N) is 1. The van der Waals surface area contributed by atoms with Crippen LogP contribution in [0.25, 0.3) is 0 Å². The van der Waals surface area contributed by atoms with Crippen LogP contribution in [0.2, 0.25) is 0 Å². The molecule has 0 bridgehead atoms. The molecule has 1 atom stereocenters. The van der Waals surface area contributed by atoms with Crippen molar-refractivity contribution in [3.63, 3.8) is 0 Å². The van der Waals surface area contributed by atoms with Gasteiger partial charge in [-0.2, -0.15) is 5.26 Å². The Hall–Kier alpha value is -2.14. The van der Waals surface area contributed by atoms with Crippen molar-refractivity contribution in [3.8, 4) is 11.8 Å². The number of rotatable bonds is 10. The number of hydrogen-bond acceptors (Lipinski definition) is 6. The van der Waals surface area contributed by atoms with Gasteiger partial charge in [0.05, 0.1) is 12.2 Å². The van der Waals surface area contributed by atoms with E-state index in [0.29, 0.717) is 31.0 Å². The Morgan fingerprint density at radius 1 is 1.48 bits per heavy atom. The first-order valence-corrected chi connectivity index (χ1v) is 6.50. The van der Waals surface area contributed by atoms with E-state index in [2.05, 4.69) is 5.32 Å². The predicted octanol–water partition coefficient (Wildman–Crippen LogP) is -0.611. The summed E-state index contributed by atoms with van der Waals surface area (Å²) in [4.78, 5) is 10.4. The molecule has 0 saturated heterocycles. The number of primary amides is 1. The van der Waals surface area contributed by atoms with E-state index in [1.165, 1.54) is 0 Å². The number of amides is 1. The number of nitriles is 1. The number of nitrogens with two attached hydrogens (primary N) is 1. The molecule has 0 saturated carbocycles. The van der Waals surface area contributed by atoms with E-state index in [-0.39, 0.29) is 13.2 Å². The van der Waals surface area contributed by atoms with Crippen molar-refractivity contribution in [2.75, 3.05) is 32.9 Å². The molecule has 1 rings (SSSR count). The minimum atomic E-state index is -0.715. The normalized spacial score (nSPS) is 11.6. The molecular formula is C14H19N3O4. The minimum absolute atomic E-state index is 0.0772. The van der Waals surface area contributed by atoms with Crippen molar-refractivity contribution in [2.45, 2.75) is 6.10 Å². The number of nitrogens with zero attached hydrogens (tertiary/aromatic N) is 1. The second-order valence-corrected chi connectivity index (χ2v) is 4.30. The van der Waals surface area contributed by atoms with E-state index in [4.69, 9.17) is 20.5 Å². The highest BCUT2D eigenvalue weighted by Gasteiger charge is 2.07. The fourth-order valence-corrected chi connectivity index (χ4v) is 1.52. The van der Waals surface area contributed by atoms with Gasteiger partial charge in [0.1, 0.15) is 31.1 Å². The predicted molar refractivity (Wildman–Crippen MR) is 75.5 cm³/mol. The van der Waals surface area contributed by atoms with E-state index in [9.17, 15) is 9.90 Å². The molecule has 1 unspecified atom stereocenters. The summed E-state index contributed by atoms with van der Waals surface area (Å²) in [5.74, 6) is -0.0663. The van der Waals surface area contributed by atoms with Gasteiger partial charge in [-0.1, -0.05) is 12.1 Å². The van der Waals surface area contributed by atoms with Gasteiger partial charge in [0.2, 0.25) is 5.91 Å². The van der Waals surface area contributed by atoms with E-state index in [1.807, 2.05) is 6.07 Å². The second-order valence-electron chi connectivity index (χ2n) is 4.30. The molecule has 1 amide bonds. The molecule has 4 N–H and O–H groups in total. The van der Waals surface area contributed by atoms with Gasteiger partial charge in [-0.05, 0) is 12.1 Å². The van der Waals surface area contributed by atoms with Crippen LogP contribution in [-0.4, -0.2) is 50.0 Å². The SMILES string of the molecule is N#Cc1ccccc1OCC(O)CNCCOCC(N)=O. The van der Waals surface area contributed by atoms with Crippen LogP contribution in [0.1, 0.15) is 5.56 Å². The fourth-order valence-electron chi connectivity index (χ4n) is 1.52. The Balaban J connectivity index is 2.15. The number of ether oxygens (including phenoxy) is 2. The summed E-state index contributed by atoms with van der Waals surface area (Å²) < 4.78 is 10.3. The molecule has 0 spiro atoms. The van der Waals surface area contributed by atoms with Gasteiger partial charge in [-0.15, -0.1) is 0 Å². The number of carbonyl (C=O) groups is 1. The van der Waals surface area contributed by atoms with Gasteiger partial charge in [-0.3, -0.25) is 4.79 Å². The van der Waals surface area contributed by atoms with Gasteiger partial charge in [0.25, 0.3) is 0 Å². The first kappa shape index (κ1) is 16.9. The molecule has 0 aliphatic heterocycles. The lowest BCUT2D eigenvalue weighted by Gasteiger charge is -2.13. The molecule has 0 fully saturated rings. The molecule has 0 aliphatic carbocycles. The van der Waals surface area contributed by atoms with Gasteiger partial charge >= 0.3 is 0 Å². The molecule has 0 radical (unpaired) electrons. The van der Waals surface area contributed by atoms with Crippen LogP contribution in [0.3, 0.4) is 0 Å². The van der Waals surface area contributed by atoms with Gasteiger partial charge in [0.15, 0.2) is 0 Å². The Morgan fingerprint density at radius 3 is 2.95 bits per heavy atom. The van der Waals surface area contributed by atoms with Crippen molar-refractivity contribution in [1.82, 2.24) is 5.32 Å². The molecular weight excluding hydrogens is 274 g/mol. The van der Waals surface area contributed by atoms with E-state index >= 15 is 0 Å². The lowest BCUT2D eigenvalue weighted by Crippen LogP contribution is -2.33. The third-order valence-corrected chi connectivity index (χ3v) is 2.49. The number of aliphatic hydroxyl groups is 1. The van der Waals surface area contributed by atoms with Crippen LogP contribution in [-0.2, 0) is 9.53 Å². The van der Waals surface area contributed by atoms with Crippen molar-refractivity contribution < 1.29 is 19.4 Å².